The number of nitrogens with zero attached hydrogens (tertiary/aromatic N) is 2. The van der Waals surface area contributed by atoms with Gasteiger partial charge in [-0.25, -0.2) is 4.39 Å². The number of amides is 1. The molecule has 2 unspecified atom stereocenters. The molecule has 1 aromatic heterocycles. The lowest BCUT2D eigenvalue weighted by Gasteiger charge is -2.34. The van der Waals surface area contributed by atoms with E-state index in [0.29, 0.717) is 19.3 Å². The quantitative estimate of drug-likeness (QED) is 0.392. The van der Waals surface area contributed by atoms with E-state index in [9.17, 15) is 19.1 Å². The first-order valence-corrected chi connectivity index (χ1v) is 12.3. The van der Waals surface area contributed by atoms with Gasteiger partial charge in [0.25, 0.3) is 0 Å². The second kappa shape index (κ2) is 9.97. The van der Waals surface area contributed by atoms with Crippen LogP contribution in [0.5, 0.6) is 0 Å². The van der Waals surface area contributed by atoms with E-state index >= 15 is 0 Å². The van der Waals surface area contributed by atoms with Gasteiger partial charge in [0.2, 0.25) is 5.91 Å². The Balaban J connectivity index is 1.45. The maximum atomic E-state index is 14.2. The molecule has 3 aromatic carbocycles. The van der Waals surface area contributed by atoms with Gasteiger partial charge >= 0.3 is 5.97 Å². The van der Waals surface area contributed by atoms with Crippen molar-refractivity contribution >= 4 is 22.8 Å². The Morgan fingerprint density at radius 1 is 1.06 bits per heavy atom. The molecule has 1 heterocycles. The average Bonchev–Trinajstić information content (AvgIpc) is 3.19. The number of aromatic nitrogens is 1. The molecule has 5 nitrogen and oxygen atoms in total. The van der Waals surface area contributed by atoms with E-state index in [4.69, 9.17) is 0 Å². The minimum absolute atomic E-state index is 0.0546. The highest BCUT2D eigenvalue weighted by Crippen LogP contribution is 2.35. The molecule has 0 spiro atoms. The number of likely N-dealkylation sites (N-methyl/N-ethyl adjacent to an activating group) is 1. The molecule has 1 aliphatic rings. The van der Waals surface area contributed by atoms with Gasteiger partial charge in [0.15, 0.2) is 0 Å². The van der Waals surface area contributed by atoms with Crippen molar-refractivity contribution in [2.45, 2.75) is 44.2 Å². The molecule has 0 bridgehead atoms. The van der Waals surface area contributed by atoms with Crippen LogP contribution in [0.4, 0.5) is 4.39 Å². The summed E-state index contributed by atoms with van der Waals surface area (Å²) in [5.41, 5.74) is 4.69. The van der Waals surface area contributed by atoms with Crippen LogP contribution >= 0.6 is 0 Å². The zero-order chi connectivity index (χ0) is 25.2. The van der Waals surface area contributed by atoms with Crippen LogP contribution in [-0.2, 0) is 35.4 Å². The summed E-state index contributed by atoms with van der Waals surface area (Å²) in [6, 6.07) is 24.3. The number of carboxylic acid groups (broad SMARTS) is 1. The number of carbonyl (C=O) groups is 2. The predicted octanol–water partition coefficient (Wildman–Crippen LogP) is 5.21. The Morgan fingerprint density at radius 2 is 1.75 bits per heavy atom. The monoisotopic (exact) mass is 484 g/mol. The average molecular weight is 485 g/mol. The zero-order valence-electron chi connectivity index (χ0n) is 20.2. The number of carboxylic acids is 1. The van der Waals surface area contributed by atoms with E-state index in [-0.39, 0.29) is 30.2 Å². The third-order valence-corrected chi connectivity index (χ3v) is 7.37. The SMILES string of the molecule is CN(C(=O)C(Cc1ccccc1)c1ccccc1)C1CCc2c(c3cc(F)ccc3n2CC(=O)O)C1. The van der Waals surface area contributed by atoms with Gasteiger partial charge in [-0.05, 0) is 60.6 Å². The van der Waals surface area contributed by atoms with Crippen molar-refractivity contribution in [2.24, 2.45) is 0 Å². The number of rotatable bonds is 7. The van der Waals surface area contributed by atoms with Gasteiger partial charge in [-0.3, -0.25) is 9.59 Å². The van der Waals surface area contributed by atoms with Crippen LogP contribution in [0.25, 0.3) is 10.9 Å². The van der Waals surface area contributed by atoms with Crippen molar-refractivity contribution < 1.29 is 19.1 Å². The molecule has 1 aliphatic carbocycles. The normalized spacial score (nSPS) is 15.9. The summed E-state index contributed by atoms with van der Waals surface area (Å²) < 4.78 is 16.0. The molecule has 0 saturated carbocycles. The van der Waals surface area contributed by atoms with Crippen LogP contribution in [0.15, 0.2) is 78.9 Å². The van der Waals surface area contributed by atoms with Crippen LogP contribution in [0.2, 0.25) is 0 Å². The van der Waals surface area contributed by atoms with Crippen LogP contribution in [0.3, 0.4) is 0 Å². The second-order valence-corrected chi connectivity index (χ2v) is 9.57. The number of carbonyl (C=O) groups excluding carboxylic acids is 1. The Labute approximate surface area is 209 Å². The summed E-state index contributed by atoms with van der Waals surface area (Å²) >= 11 is 0. The first kappa shape index (κ1) is 23.8. The number of aliphatic carboxylic acids is 1. The third-order valence-electron chi connectivity index (χ3n) is 7.37. The summed E-state index contributed by atoms with van der Waals surface area (Å²) in [6.07, 6.45) is 2.53. The van der Waals surface area contributed by atoms with Gasteiger partial charge in [-0.1, -0.05) is 60.7 Å². The van der Waals surface area contributed by atoms with E-state index < -0.39 is 5.97 Å². The third kappa shape index (κ3) is 4.63. The van der Waals surface area contributed by atoms with E-state index in [1.165, 1.54) is 12.1 Å². The fourth-order valence-electron chi connectivity index (χ4n) is 5.56. The van der Waals surface area contributed by atoms with Gasteiger partial charge in [0, 0.05) is 29.7 Å². The molecule has 2 atom stereocenters. The van der Waals surface area contributed by atoms with Crippen molar-refractivity contribution in [1.82, 2.24) is 9.47 Å². The van der Waals surface area contributed by atoms with Crippen LogP contribution in [0.1, 0.15) is 34.7 Å². The van der Waals surface area contributed by atoms with Crippen LogP contribution in [-0.4, -0.2) is 39.5 Å². The lowest BCUT2D eigenvalue weighted by molar-refractivity contribution is -0.137. The predicted molar refractivity (Wildman–Crippen MR) is 137 cm³/mol. The maximum absolute atomic E-state index is 14.2. The molecule has 0 fully saturated rings. The topological polar surface area (TPSA) is 62.5 Å². The van der Waals surface area contributed by atoms with Crippen molar-refractivity contribution in [3.05, 3.63) is 107 Å². The van der Waals surface area contributed by atoms with Crippen molar-refractivity contribution in [1.29, 1.82) is 0 Å². The largest absolute Gasteiger partial charge is 0.480 e. The Kier molecular flexibility index (Phi) is 6.59. The van der Waals surface area contributed by atoms with Crippen LogP contribution < -0.4 is 0 Å². The van der Waals surface area contributed by atoms with E-state index in [2.05, 4.69) is 0 Å². The molecule has 0 saturated heterocycles. The van der Waals surface area contributed by atoms with E-state index in [0.717, 1.165) is 39.7 Å². The van der Waals surface area contributed by atoms with Crippen molar-refractivity contribution in [3.63, 3.8) is 0 Å². The molecule has 4 aromatic rings. The van der Waals surface area contributed by atoms with Crippen molar-refractivity contribution in [2.75, 3.05) is 7.05 Å². The lowest BCUT2D eigenvalue weighted by atomic mass is 9.87. The number of benzene rings is 3. The summed E-state index contributed by atoms with van der Waals surface area (Å²) in [6.45, 7) is -0.163. The smallest absolute Gasteiger partial charge is 0.323 e. The van der Waals surface area contributed by atoms with Crippen LogP contribution in [0, 0.1) is 5.82 Å². The molecular formula is C30H29FN2O3. The summed E-state index contributed by atoms with van der Waals surface area (Å²) in [4.78, 5) is 27.3. The first-order chi connectivity index (χ1) is 17.4. The summed E-state index contributed by atoms with van der Waals surface area (Å²) in [5.74, 6) is -1.54. The van der Waals surface area contributed by atoms with Gasteiger partial charge in [0.1, 0.15) is 12.4 Å². The highest BCUT2D eigenvalue weighted by Gasteiger charge is 2.33. The van der Waals surface area contributed by atoms with Gasteiger partial charge in [-0.15, -0.1) is 0 Å². The molecule has 36 heavy (non-hydrogen) atoms. The molecule has 0 aliphatic heterocycles. The minimum Gasteiger partial charge on any atom is -0.480 e. The molecule has 1 N–H and O–H groups in total. The molecule has 184 valence electrons. The number of hydrogen-bond acceptors (Lipinski definition) is 2. The highest BCUT2D eigenvalue weighted by molar-refractivity contribution is 5.88. The molecular weight excluding hydrogens is 455 g/mol. The lowest BCUT2D eigenvalue weighted by Crippen LogP contribution is -2.43. The van der Waals surface area contributed by atoms with Gasteiger partial charge in [-0.2, -0.15) is 0 Å². The van der Waals surface area contributed by atoms with Gasteiger partial charge in [0.05, 0.1) is 5.92 Å². The van der Waals surface area contributed by atoms with Crippen molar-refractivity contribution in [3.8, 4) is 0 Å². The summed E-state index contributed by atoms with van der Waals surface area (Å²) in [7, 11) is 1.86. The maximum Gasteiger partial charge on any atom is 0.323 e. The van der Waals surface area contributed by atoms with Gasteiger partial charge < -0.3 is 14.6 Å². The van der Waals surface area contributed by atoms with E-state index in [1.54, 1.807) is 10.6 Å². The molecule has 1 amide bonds. The van der Waals surface area contributed by atoms with E-state index in [1.807, 2.05) is 72.6 Å². The standard InChI is InChI=1S/C30H29FN2O3/c1-32(30(36)24(21-10-6-3-7-11-21)16-20-8-4-2-5-9-20)23-13-15-28-26(18-23)25-17-22(31)12-14-27(25)33(28)19-29(34)35/h2-12,14,17,23-24H,13,15-16,18-19H2,1H3,(H,34,35). The fraction of sp³-hybridized carbons (Fsp3) is 0.267. The Bertz CT molecular complexity index is 1400. The number of hydrogen-bond donors (Lipinski definition) is 1. The zero-order valence-corrected chi connectivity index (χ0v) is 20.2. The highest BCUT2D eigenvalue weighted by atomic mass is 19.1. The Morgan fingerprint density at radius 3 is 2.44 bits per heavy atom. The number of fused-ring (bicyclic) bond motifs is 3. The summed E-state index contributed by atoms with van der Waals surface area (Å²) in [5, 5.41) is 10.2. The Hall–Kier alpha value is -3.93. The fourth-order valence-corrected chi connectivity index (χ4v) is 5.56. The second-order valence-electron chi connectivity index (χ2n) is 9.57. The first-order valence-electron chi connectivity index (χ1n) is 12.3. The minimum atomic E-state index is -0.931. The number of halogens is 1. The molecule has 6 heteroatoms. The molecule has 5 rings (SSSR count). The molecule has 0 radical (unpaired) electrons.